The van der Waals surface area contributed by atoms with Gasteiger partial charge in [0, 0.05) is 35.4 Å². The maximum Gasteiger partial charge on any atom is 0.269 e. The van der Waals surface area contributed by atoms with Crippen LogP contribution in [-0.4, -0.2) is 26.4 Å². The summed E-state index contributed by atoms with van der Waals surface area (Å²) < 4.78 is 27.8. The minimum atomic E-state index is -3.57. The lowest BCUT2D eigenvalue weighted by molar-refractivity contribution is -0.384. The summed E-state index contributed by atoms with van der Waals surface area (Å²) in [6.45, 7) is 2.36. The molecule has 2 aromatic rings. The van der Waals surface area contributed by atoms with Gasteiger partial charge in [-0.15, -0.1) is 0 Å². The summed E-state index contributed by atoms with van der Waals surface area (Å²) in [6.07, 6.45) is 0. The molecule has 0 aliphatic rings. The molecular weight excluding hydrogens is 398 g/mol. The predicted octanol–water partition coefficient (Wildman–Crippen LogP) is 3.06. The van der Waals surface area contributed by atoms with E-state index in [4.69, 9.17) is 0 Å². The van der Waals surface area contributed by atoms with E-state index in [0.717, 1.165) is 10.0 Å². The van der Waals surface area contributed by atoms with Gasteiger partial charge in [0.1, 0.15) is 0 Å². The molecular formula is C15H16BrN3O4S. The molecule has 0 atom stereocenters. The van der Waals surface area contributed by atoms with Gasteiger partial charge in [0.2, 0.25) is 10.0 Å². The van der Waals surface area contributed by atoms with Crippen LogP contribution < -0.4 is 10.0 Å². The number of nitro benzene ring substituents is 1. The predicted molar refractivity (Wildman–Crippen MR) is 95.7 cm³/mol. The van der Waals surface area contributed by atoms with E-state index in [1.54, 1.807) is 24.3 Å². The molecule has 2 rings (SSSR count). The third kappa shape index (κ3) is 4.76. The van der Waals surface area contributed by atoms with E-state index in [1.165, 1.54) is 18.2 Å². The second-order valence-electron chi connectivity index (χ2n) is 5.04. The molecule has 0 saturated heterocycles. The number of nitrogens with one attached hydrogen (secondary N) is 2. The third-order valence-corrected chi connectivity index (χ3v) is 5.61. The summed E-state index contributed by atoms with van der Waals surface area (Å²) in [7, 11) is -3.57. The highest BCUT2D eigenvalue weighted by Gasteiger charge is 2.14. The molecule has 9 heteroatoms. The zero-order valence-electron chi connectivity index (χ0n) is 12.8. The molecule has 24 heavy (non-hydrogen) atoms. The van der Waals surface area contributed by atoms with Crippen molar-refractivity contribution in [1.29, 1.82) is 0 Å². The Morgan fingerprint density at radius 1 is 1.12 bits per heavy atom. The molecule has 0 fully saturated rings. The Labute approximate surface area is 148 Å². The molecule has 0 aliphatic carbocycles. The summed E-state index contributed by atoms with van der Waals surface area (Å²) in [5.74, 6) is 0. The van der Waals surface area contributed by atoms with Crippen molar-refractivity contribution >= 4 is 37.3 Å². The minimum Gasteiger partial charge on any atom is -0.384 e. The van der Waals surface area contributed by atoms with Gasteiger partial charge >= 0.3 is 0 Å². The number of aryl methyl sites for hydroxylation is 1. The van der Waals surface area contributed by atoms with E-state index >= 15 is 0 Å². The maximum atomic E-state index is 12.2. The van der Waals surface area contributed by atoms with Crippen LogP contribution in [0.1, 0.15) is 5.56 Å². The van der Waals surface area contributed by atoms with Crippen LogP contribution >= 0.6 is 15.9 Å². The molecule has 0 unspecified atom stereocenters. The van der Waals surface area contributed by atoms with Crippen LogP contribution in [0.25, 0.3) is 0 Å². The summed E-state index contributed by atoms with van der Waals surface area (Å²) in [4.78, 5) is 10.3. The van der Waals surface area contributed by atoms with E-state index < -0.39 is 14.9 Å². The second-order valence-corrected chi connectivity index (χ2v) is 7.66. The van der Waals surface area contributed by atoms with E-state index in [9.17, 15) is 18.5 Å². The van der Waals surface area contributed by atoms with Gasteiger partial charge in [0.05, 0.1) is 9.82 Å². The van der Waals surface area contributed by atoms with Crippen molar-refractivity contribution in [2.45, 2.75) is 11.8 Å². The number of nitrogens with zero attached hydrogens (tertiary/aromatic N) is 1. The fraction of sp³-hybridized carbons (Fsp3) is 0.200. The van der Waals surface area contributed by atoms with Crippen molar-refractivity contribution in [3.8, 4) is 0 Å². The molecule has 0 aliphatic heterocycles. The van der Waals surface area contributed by atoms with Crippen LogP contribution in [0.5, 0.6) is 0 Å². The Kier molecular flexibility index (Phi) is 5.92. The SMILES string of the molecule is Cc1cc(S(=O)(=O)NCCNc2ccc([N+](=O)[O-])cc2)ccc1Br. The molecule has 0 saturated carbocycles. The van der Waals surface area contributed by atoms with Crippen LogP contribution in [0.4, 0.5) is 11.4 Å². The fourth-order valence-electron chi connectivity index (χ4n) is 1.96. The third-order valence-electron chi connectivity index (χ3n) is 3.26. The number of hydrogen-bond acceptors (Lipinski definition) is 5. The molecule has 0 radical (unpaired) electrons. The van der Waals surface area contributed by atoms with Crippen LogP contribution in [0.3, 0.4) is 0 Å². The molecule has 0 spiro atoms. The van der Waals surface area contributed by atoms with Gasteiger partial charge in [-0.05, 0) is 42.8 Å². The largest absolute Gasteiger partial charge is 0.384 e. The normalized spacial score (nSPS) is 11.2. The topological polar surface area (TPSA) is 101 Å². The average Bonchev–Trinajstić information content (AvgIpc) is 2.54. The van der Waals surface area contributed by atoms with Crippen molar-refractivity contribution in [3.05, 3.63) is 62.6 Å². The lowest BCUT2D eigenvalue weighted by Crippen LogP contribution is -2.29. The number of anilines is 1. The molecule has 2 aromatic carbocycles. The number of rotatable bonds is 7. The number of sulfonamides is 1. The number of halogens is 1. The van der Waals surface area contributed by atoms with Gasteiger partial charge in [0.25, 0.3) is 5.69 Å². The fourth-order valence-corrected chi connectivity index (χ4v) is 3.32. The van der Waals surface area contributed by atoms with Crippen molar-refractivity contribution in [2.75, 3.05) is 18.4 Å². The first-order valence-electron chi connectivity index (χ1n) is 7.04. The Hall–Kier alpha value is -1.97. The average molecular weight is 414 g/mol. The first kappa shape index (κ1) is 18.4. The van der Waals surface area contributed by atoms with Crippen molar-refractivity contribution in [3.63, 3.8) is 0 Å². The van der Waals surface area contributed by atoms with Crippen LogP contribution in [-0.2, 0) is 10.0 Å². The molecule has 0 heterocycles. The van der Waals surface area contributed by atoms with Crippen molar-refractivity contribution in [2.24, 2.45) is 0 Å². The Balaban J connectivity index is 1.88. The quantitative estimate of drug-likeness (QED) is 0.412. The van der Waals surface area contributed by atoms with Gasteiger partial charge < -0.3 is 5.32 Å². The van der Waals surface area contributed by atoms with E-state index in [0.29, 0.717) is 12.2 Å². The van der Waals surface area contributed by atoms with Gasteiger partial charge in [-0.3, -0.25) is 10.1 Å². The number of benzene rings is 2. The minimum absolute atomic E-state index is 0.00635. The lowest BCUT2D eigenvalue weighted by Gasteiger charge is -2.09. The highest BCUT2D eigenvalue weighted by molar-refractivity contribution is 9.10. The molecule has 7 nitrogen and oxygen atoms in total. The van der Waals surface area contributed by atoms with Gasteiger partial charge in [-0.2, -0.15) is 0 Å². The Morgan fingerprint density at radius 2 is 1.79 bits per heavy atom. The zero-order chi connectivity index (χ0) is 17.7. The maximum absolute atomic E-state index is 12.2. The second kappa shape index (κ2) is 7.73. The lowest BCUT2D eigenvalue weighted by atomic mass is 10.2. The molecule has 0 bridgehead atoms. The first-order chi connectivity index (χ1) is 11.3. The van der Waals surface area contributed by atoms with Crippen molar-refractivity contribution in [1.82, 2.24) is 4.72 Å². The van der Waals surface area contributed by atoms with Crippen LogP contribution in [0.15, 0.2) is 51.8 Å². The van der Waals surface area contributed by atoms with Crippen LogP contribution in [0, 0.1) is 17.0 Å². The van der Waals surface area contributed by atoms with Gasteiger partial charge in [-0.25, -0.2) is 13.1 Å². The van der Waals surface area contributed by atoms with Gasteiger partial charge in [0.15, 0.2) is 0 Å². The molecule has 0 aromatic heterocycles. The Morgan fingerprint density at radius 3 is 2.38 bits per heavy atom. The van der Waals surface area contributed by atoms with E-state index in [1.807, 2.05) is 6.92 Å². The molecule has 128 valence electrons. The zero-order valence-corrected chi connectivity index (χ0v) is 15.2. The highest BCUT2D eigenvalue weighted by Crippen LogP contribution is 2.20. The highest BCUT2D eigenvalue weighted by atomic mass is 79.9. The van der Waals surface area contributed by atoms with Gasteiger partial charge in [-0.1, -0.05) is 15.9 Å². The van der Waals surface area contributed by atoms with E-state index in [-0.39, 0.29) is 17.1 Å². The summed E-state index contributed by atoms with van der Waals surface area (Å²) in [5, 5.41) is 13.6. The van der Waals surface area contributed by atoms with E-state index in [2.05, 4.69) is 26.0 Å². The molecule has 2 N–H and O–H groups in total. The standard InChI is InChI=1S/C15H16BrN3O4S/c1-11-10-14(6-7-15(11)16)24(22,23)18-9-8-17-12-2-4-13(5-3-12)19(20)21/h2-7,10,17-18H,8-9H2,1H3. The van der Waals surface area contributed by atoms with Crippen LogP contribution in [0.2, 0.25) is 0 Å². The molecule has 0 amide bonds. The smallest absolute Gasteiger partial charge is 0.269 e. The summed E-state index contributed by atoms with van der Waals surface area (Å²) >= 11 is 3.33. The Bertz CT molecular complexity index is 838. The van der Waals surface area contributed by atoms with Crippen molar-refractivity contribution < 1.29 is 13.3 Å². The number of hydrogen-bond donors (Lipinski definition) is 2. The first-order valence-corrected chi connectivity index (χ1v) is 9.31. The summed E-state index contributed by atoms with van der Waals surface area (Å²) in [6, 6.07) is 10.7. The number of non-ortho nitro benzene ring substituents is 1. The summed E-state index contributed by atoms with van der Waals surface area (Å²) in [5.41, 5.74) is 1.52. The number of nitro groups is 1. The monoisotopic (exact) mass is 413 g/mol.